The van der Waals surface area contributed by atoms with Gasteiger partial charge in [0.2, 0.25) is 11.8 Å². The summed E-state index contributed by atoms with van der Waals surface area (Å²) in [6.07, 6.45) is 5.88. The molecule has 6 heteroatoms. The first-order chi connectivity index (χ1) is 13.1. The third-order valence-corrected chi connectivity index (χ3v) is 5.22. The smallest absolute Gasteiger partial charge is 0.238 e. The van der Waals surface area contributed by atoms with Crippen LogP contribution in [0.4, 0.5) is 5.69 Å². The summed E-state index contributed by atoms with van der Waals surface area (Å²) in [6, 6.07) is 7.59. The highest BCUT2D eigenvalue weighted by atomic mass is 16.5. The van der Waals surface area contributed by atoms with Crippen LogP contribution in [0.25, 0.3) is 0 Å². The molecule has 0 bridgehead atoms. The Bertz CT molecular complexity index is 597. The second-order valence-electron chi connectivity index (χ2n) is 7.05. The van der Waals surface area contributed by atoms with Crippen molar-refractivity contribution in [2.75, 3.05) is 38.6 Å². The van der Waals surface area contributed by atoms with Crippen molar-refractivity contribution in [3.63, 3.8) is 0 Å². The number of hydrogen-bond acceptors (Lipinski definition) is 4. The highest BCUT2D eigenvalue weighted by Crippen LogP contribution is 2.22. The van der Waals surface area contributed by atoms with Crippen LogP contribution >= 0.6 is 0 Å². The van der Waals surface area contributed by atoms with Gasteiger partial charge in [-0.3, -0.25) is 14.5 Å². The largest absolute Gasteiger partial charge is 0.497 e. The van der Waals surface area contributed by atoms with Gasteiger partial charge in [-0.15, -0.1) is 0 Å². The van der Waals surface area contributed by atoms with Crippen LogP contribution in [-0.2, 0) is 9.59 Å². The van der Waals surface area contributed by atoms with E-state index in [0.29, 0.717) is 12.6 Å². The van der Waals surface area contributed by atoms with Gasteiger partial charge in [0, 0.05) is 18.3 Å². The van der Waals surface area contributed by atoms with E-state index >= 15 is 0 Å². The number of carbonyl (C=O) groups is 2. The Morgan fingerprint density at radius 3 is 2.26 bits per heavy atom. The predicted molar refractivity (Wildman–Crippen MR) is 108 cm³/mol. The van der Waals surface area contributed by atoms with Crippen LogP contribution < -0.4 is 10.1 Å². The van der Waals surface area contributed by atoms with E-state index in [9.17, 15) is 9.59 Å². The van der Waals surface area contributed by atoms with E-state index in [1.54, 1.807) is 31.4 Å². The van der Waals surface area contributed by atoms with Gasteiger partial charge < -0.3 is 15.0 Å². The Morgan fingerprint density at radius 1 is 1.04 bits per heavy atom. The maximum absolute atomic E-state index is 12.8. The number of amides is 2. The summed E-state index contributed by atoms with van der Waals surface area (Å²) in [7, 11) is 1.61. The number of nitrogens with one attached hydrogen (secondary N) is 1. The number of ether oxygens (including phenoxy) is 1. The minimum atomic E-state index is -0.115. The number of carbonyl (C=O) groups excluding carboxylic acids is 2. The first kappa shape index (κ1) is 21.2. The molecule has 1 aromatic rings. The van der Waals surface area contributed by atoms with Crippen molar-refractivity contribution in [3.8, 4) is 5.75 Å². The van der Waals surface area contributed by atoms with Crippen LogP contribution in [-0.4, -0.2) is 60.9 Å². The minimum Gasteiger partial charge on any atom is -0.497 e. The lowest BCUT2D eigenvalue weighted by atomic mass is 9.94. The fourth-order valence-corrected chi connectivity index (χ4v) is 3.67. The number of benzene rings is 1. The summed E-state index contributed by atoms with van der Waals surface area (Å²) < 4.78 is 5.12. The Hall–Kier alpha value is -2.08. The molecule has 6 nitrogen and oxygen atoms in total. The molecule has 150 valence electrons. The molecule has 2 amide bonds. The average molecular weight is 376 g/mol. The Kier molecular flexibility index (Phi) is 8.58. The molecule has 1 fully saturated rings. The number of methoxy groups -OCH3 is 1. The molecule has 0 spiro atoms. The summed E-state index contributed by atoms with van der Waals surface area (Å²) in [5.74, 6) is 0.759. The van der Waals surface area contributed by atoms with Crippen LogP contribution in [0.3, 0.4) is 0 Å². The van der Waals surface area contributed by atoms with Crippen LogP contribution in [0.2, 0.25) is 0 Å². The molecule has 0 atom stereocenters. The molecule has 0 unspecified atom stereocenters. The van der Waals surface area contributed by atoms with Gasteiger partial charge in [-0.1, -0.05) is 26.2 Å². The summed E-state index contributed by atoms with van der Waals surface area (Å²) in [5, 5.41) is 2.88. The second-order valence-corrected chi connectivity index (χ2v) is 7.05. The number of rotatable bonds is 9. The van der Waals surface area contributed by atoms with E-state index in [4.69, 9.17) is 4.74 Å². The lowest BCUT2D eigenvalue weighted by molar-refractivity contribution is -0.135. The van der Waals surface area contributed by atoms with Crippen LogP contribution in [0, 0.1) is 0 Å². The molecule has 1 N–H and O–H groups in total. The highest BCUT2D eigenvalue weighted by Gasteiger charge is 2.25. The fraction of sp³-hybridized carbons (Fsp3) is 0.619. The van der Waals surface area contributed by atoms with Crippen molar-refractivity contribution >= 4 is 17.5 Å². The Morgan fingerprint density at radius 2 is 1.70 bits per heavy atom. The van der Waals surface area contributed by atoms with Crippen molar-refractivity contribution < 1.29 is 14.3 Å². The lowest BCUT2D eigenvalue weighted by Crippen LogP contribution is -2.47. The lowest BCUT2D eigenvalue weighted by Gasteiger charge is -2.35. The summed E-state index contributed by atoms with van der Waals surface area (Å²) in [6.45, 7) is 5.90. The molecule has 27 heavy (non-hydrogen) atoms. The third-order valence-electron chi connectivity index (χ3n) is 5.22. The number of nitrogens with zero attached hydrogens (tertiary/aromatic N) is 2. The fourth-order valence-electron chi connectivity index (χ4n) is 3.67. The molecule has 1 aromatic carbocycles. The van der Waals surface area contributed by atoms with Crippen molar-refractivity contribution in [1.29, 1.82) is 0 Å². The zero-order valence-corrected chi connectivity index (χ0v) is 16.9. The normalized spacial score (nSPS) is 14.8. The molecule has 1 saturated carbocycles. The number of anilines is 1. The van der Waals surface area contributed by atoms with Crippen molar-refractivity contribution in [2.45, 2.75) is 52.0 Å². The molecular weight excluding hydrogens is 342 g/mol. The van der Waals surface area contributed by atoms with E-state index in [1.165, 1.54) is 19.3 Å². The number of hydrogen-bond donors (Lipinski definition) is 1. The van der Waals surface area contributed by atoms with E-state index in [2.05, 4.69) is 5.32 Å². The van der Waals surface area contributed by atoms with E-state index in [0.717, 1.165) is 30.8 Å². The minimum absolute atomic E-state index is 0.115. The second kappa shape index (κ2) is 10.9. The monoisotopic (exact) mass is 375 g/mol. The molecule has 1 aliphatic carbocycles. The first-order valence-electron chi connectivity index (χ1n) is 10.0. The molecule has 0 aliphatic heterocycles. The molecule has 0 radical (unpaired) electrons. The van der Waals surface area contributed by atoms with E-state index in [-0.39, 0.29) is 24.9 Å². The van der Waals surface area contributed by atoms with Gasteiger partial charge in [-0.2, -0.15) is 0 Å². The summed E-state index contributed by atoms with van der Waals surface area (Å²) >= 11 is 0. The molecular formula is C21H33N3O3. The maximum atomic E-state index is 12.8. The van der Waals surface area contributed by atoms with Crippen LogP contribution in [0.5, 0.6) is 5.75 Å². The predicted octanol–water partition coefficient (Wildman–Crippen LogP) is 3.14. The van der Waals surface area contributed by atoms with Gasteiger partial charge in [0.1, 0.15) is 5.75 Å². The third kappa shape index (κ3) is 6.54. The Labute approximate surface area is 162 Å². The maximum Gasteiger partial charge on any atom is 0.238 e. The topological polar surface area (TPSA) is 61.9 Å². The van der Waals surface area contributed by atoms with Crippen molar-refractivity contribution in [3.05, 3.63) is 24.3 Å². The number of likely N-dealkylation sites (N-methyl/N-ethyl adjacent to an activating group) is 2. The van der Waals surface area contributed by atoms with Gasteiger partial charge >= 0.3 is 0 Å². The van der Waals surface area contributed by atoms with Crippen LogP contribution in [0.15, 0.2) is 24.3 Å². The van der Waals surface area contributed by atoms with Crippen molar-refractivity contribution in [2.24, 2.45) is 0 Å². The zero-order valence-electron chi connectivity index (χ0n) is 16.9. The quantitative estimate of drug-likeness (QED) is 0.720. The standard InChI is InChI=1S/C21H33N3O3/c1-4-23(15-20(25)22-17-11-13-19(27-3)14-12-17)16-21(26)24(5-2)18-9-7-6-8-10-18/h11-14,18H,4-10,15-16H2,1-3H3,(H,22,25). The molecule has 0 saturated heterocycles. The van der Waals surface area contributed by atoms with Gasteiger partial charge in [0.15, 0.2) is 0 Å². The summed E-state index contributed by atoms with van der Waals surface area (Å²) in [4.78, 5) is 29.0. The van der Waals surface area contributed by atoms with Gasteiger partial charge in [-0.25, -0.2) is 0 Å². The molecule has 0 aromatic heterocycles. The highest BCUT2D eigenvalue weighted by molar-refractivity contribution is 5.92. The zero-order chi connectivity index (χ0) is 19.6. The van der Waals surface area contributed by atoms with Gasteiger partial charge in [0.25, 0.3) is 0 Å². The SMILES string of the molecule is CCN(CC(=O)Nc1ccc(OC)cc1)CC(=O)N(CC)C1CCCCC1. The Balaban J connectivity index is 1.86. The molecule has 0 heterocycles. The van der Waals surface area contributed by atoms with Crippen molar-refractivity contribution in [1.82, 2.24) is 9.80 Å². The summed E-state index contributed by atoms with van der Waals surface area (Å²) in [5.41, 5.74) is 0.723. The average Bonchev–Trinajstić information content (AvgIpc) is 2.69. The van der Waals surface area contributed by atoms with Gasteiger partial charge in [-0.05, 0) is 50.6 Å². The van der Waals surface area contributed by atoms with Gasteiger partial charge in [0.05, 0.1) is 20.2 Å². The molecule has 2 rings (SSSR count). The first-order valence-corrected chi connectivity index (χ1v) is 10.0. The van der Waals surface area contributed by atoms with E-state index in [1.807, 2.05) is 23.6 Å². The molecule has 1 aliphatic rings. The van der Waals surface area contributed by atoms with E-state index < -0.39 is 0 Å². The van der Waals surface area contributed by atoms with Crippen LogP contribution in [0.1, 0.15) is 46.0 Å².